The lowest BCUT2D eigenvalue weighted by molar-refractivity contribution is -0.124. The van der Waals surface area contributed by atoms with Crippen LogP contribution >= 0.6 is 0 Å². The average molecular weight is 256 g/mol. The number of hydrogen-bond donors (Lipinski definition) is 3. The van der Waals surface area contributed by atoms with E-state index in [1.165, 1.54) is 0 Å². The van der Waals surface area contributed by atoms with Gasteiger partial charge in [-0.05, 0) is 38.0 Å². The fraction of sp³-hybridized carbons (Fsp3) is 0.929. The number of nitrogens with one attached hydrogen (secondary N) is 1. The standard InChI is InChI=1S/C14H28N2O2/c1-3-4-5-12(15)13(17)16-10-14(18)8-6-11(2)7-9-14/h11-12,18H,3-10,15H2,1-2H3,(H,16,17). The molecular formula is C14H28N2O2. The molecule has 1 atom stereocenters. The Morgan fingerprint density at radius 2 is 2.11 bits per heavy atom. The molecule has 4 N–H and O–H groups in total. The summed E-state index contributed by atoms with van der Waals surface area (Å²) in [7, 11) is 0. The first kappa shape index (κ1) is 15.4. The van der Waals surface area contributed by atoms with Gasteiger partial charge in [0.05, 0.1) is 11.6 Å². The Morgan fingerprint density at radius 1 is 1.50 bits per heavy atom. The molecule has 1 aliphatic carbocycles. The van der Waals surface area contributed by atoms with E-state index in [9.17, 15) is 9.90 Å². The van der Waals surface area contributed by atoms with Crippen LogP contribution < -0.4 is 11.1 Å². The van der Waals surface area contributed by atoms with Crippen molar-refractivity contribution in [1.29, 1.82) is 0 Å². The van der Waals surface area contributed by atoms with E-state index >= 15 is 0 Å². The molecule has 0 saturated heterocycles. The lowest BCUT2D eigenvalue weighted by Crippen LogP contribution is -2.49. The molecule has 0 bridgehead atoms. The van der Waals surface area contributed by atoms with Gasteiger partial charge in [0, 0.05) is 6.54 Å². The monoisotopic (exact) mass is 256 g/mol. The van der Waals surface area contributed by atoms with Crippen molar-refractivity contribution in [3.05, 3.63) is 0 Å². The number of rotatable bonds is 6. The fourth-order valence-electron chi connectivity index (χ4n) is 2.41. The van der Waals surface area contributed by atoms with Gasteiger partial charge >= 0.3 is 0 Å². The summed E-state index contributed by atoms with van der Waals surface area (Å²) in [6, 6.07) is -0.434. The van der Waals surface area contributed by atoms with Gasteiger partial charge in [-0.1, -0.05) is 26.7 Å². The van der Waals surface area contributed by atoms with Crippen LogP contribution in [0.2, 0.25) is 0 Å². The van der Waals surface area contributed by atoms with Crippen LogP contribution in [0.1, 0.15) is 58.8 Å². The summed E-state index contributed by atoms with van der Waals surface area (Å²) in [5, 5.41) is 13.1. The van der Waals surface area contributed by atoms with Crippen LogP contribution in [0.15, 0.2) is 0 Å². The molecule has 1 amide bonds. The molecule has 18 heavy (non-hydrogen) atoms. The lowest BCUT2D eigenvalue weighted by Gasteiger charge is -2.35. The minimum absolute atomic E-state index is 0.129. The van der Waals surface area contributed by atoms with E-state index in [2.05, 4.69) is 19.2 Å². The van der Waals surface area contributed by atoms with Gasteiger partial charge in [0.25, 0.3) is 0 Å². The molecule has 1 saturated carbocycles. The van der Waals surface area contributed by atoms with Crippen molar-refractivity contribution in [2.45, 2.75) is 70.4 Å². The van der Waals surface area contributed by atoms with Gasteiger partial charge < -0.3 is 16.2 Å². The van der Waals surface area contributed by atoms with Crippen LogP contribution in [0, 0.1) is 5.92 Å². The topological polar surface area (TPSA) is 75.4 Å². The number of carbonyl (C=O) groups is 1. The number of aliphatic hydroxyl groups is 1. The van der Waals surface area contributed by atoms with Crippen LogP contribution in [0.4, 0.5) is 0 Å². The molecule has 4 heteroatoms. The highest BCUT2D eigenvalue weighted by molar-refractivity contribution is 5.81. The van der Waals surface area contributed by atoms with Gasteiger partial charge in [0.1, 0.15) is 0 Å². The molecule has 1 unspecified atom stereocenters. The third-order valence-electron chi connectivity index (χ3n) is 4.00. The summed E-state index contributed by atoms with van der Waals surface area (Å²) < 4.78 is 0. The summed E-state index contributed by atoms with van der Waals surface area (Å²) >= 11 is 0. The van der Waals surface area contributed by atoms with Crippen molar-refractivity contribution in [3.63, 3.8) is 0 Å². The molecule has 0 aromatic rings. The van der Waals surface area contributed by atoms with Gasteiger partial charge in [0.15, 0.2) is 0 Å². The second-order valence-electron chi connectivity index (χ2n) is 5.87. The number of amides is 1. The first-order valence-corrected chi connectivity index (χ1v) is 7.22. The maximum absolute atomic E-state index is 11.8. The van der Waals surface area contributed by atoms with Crippen LogP contribution in [0.3, 0.4) is 0 Å². The van der Waals surface area contributed by atoms with Gasteiger partial charge in [-0.25, -0.2) is 0 Å². The number of unbranched alkanes of at least 4 members (excludes halogenated alkanes) is 1. The smallest absolute Gasteiger partial charge is 0.237 e. The van der Waals surface area contributed by atoms with Crippen molar-refractivity contribution >= 4 is 5.91 Å². The van der Waals surface area contributed by atoms with Crippen molar-refractivity contribution < 1.29 is 9.90 Å². The third-order valence-corrected chi connectivity index (χ3v) is 4.00. The minimum atomic E-state index is -0.716. The van der Waals surface area contributed by atoms with E-state index in [0.717, 1.165) is 44.9 Å². The molecule has 0 spiro atoms. The Kier molecular flexibility index (Phi) is 6.09. The summed E-state index contributed by atoms with van der Waals surface area (Å²) in [5.74, 6) is 0.559. The summed E-state index contributed by atoms with van der Waals surface area (Å²) in [4.78, 5) is 11.8. The summed E-state index contributed by atoms with van der Waals surface area (Å²) in [5.41, 5.74) is 5.07. The van der Waals surface area contributed by atoms with Gasteiger partial charge in [-0.15, -0.1) is 0 Å². The molecule has 4 nitrogen and oxygen atoms in total. The Hall–Kier alpha value is -0.610. The normalized spacial score (nSPS) is 29.9. The van der Waals surface area contributed by atoms with E-state index < -0.39 is 11.6 Å². The molecule has 0 aromatic carbocycles. The molecular weight excluding hydrogens is 228 g/mol. The van der Waals surface area contributed by atoms with E-state index in [4.69, 9.17) is 5.73 Å². The maximum Gasteiger partial charge on any atom is 0.237 e. The van der Waals surface area contributed by atoms with Crippen molar-refractivity contribution in [2.24, 2.45) is 11.7 Å². The van der Waals surface area contributed by atoms with Gasteiger partial charge in [-0.3, -0.25) is 4.79 Å². The molecule has 1 rings (SSSR count). The van der Waals surface area contributed by atoms with E-state index in [1.807, 2.05) is 0 Å². The SMILES string of the molecule is CCCCC(N)C(=O)NCC1(O)CCC(C)CC1. The fourth-order valence-corrected chi connectivity index (χ4v) is 2.41. The highest BCUT2D eigenvalue weighted by Crippen LogP contribution is 2.31. The zero-order valence-electron chi connectivity index (χ0n) is 11.7. The summed E-state index contributed by atoms with van der Waals surface area (Å²) in [6.45, 7) is 4.63. The number of nitrogens with two attached hydrogens (primary N) is 1. The molecule has 0 aromatic heterocycles. The molecule has 106 valence electrons. The highest BCUT2D eigenvalue weighted by atomic mass is 16.3. The third kappa shape index (κ3) is 4.94. The second-order valence-corrected chi connectivity index (χ2v) is 5.87. The van der Waals surface area contributed by atoms with Crippen molar-refractivity contribution in [1.82, 2.24) is 5.32 Å². The first-order chi connectivity index (χ1) is 8.47. The van der Waals surface area contributed by atoms with E-state index in [-0.39, 0.29) is 5.91 Å². The second kappa shape index (κ2) is 7.10. The van der Waals surface area contributed by atoms with Crippen LogP contribution in [0.5, 0.6) is 0 Å². The van der Waals surface area contributed by atoms with Crippen LogP contribution in [-0.4, -0.2) is 29.2 Å². The molecule has 1 fully saturated rings. The first-order valence-electron chi connectivity index (χ1n) is 7.22. The Balaban J connectivity index is 2.29. The lowest BCUT2D eigenvalue weighted by atomic mass is 9.79. The maximum atomic E-state index is 11.8. The quantitative estimate of drug-likeness (QED) is 0.675. The Bertz CT molecular complexity index is 261. The van der Waals surface area contributed by atoms with Crippen LogP contribution in [-0.2, 0) is 4.79 Å². The Morgan fingerprint density at radius 3 is 2.67 bits per heavy atom. The van der Waals surface area contributed by atoms with Crippen molar-refractivity contribution in [2.75, 3.05) is 6.54 Å². The predicted octanol–water partition coefficient (Wildman–Crippen LogP) is 1.56. The highest BCUT2D eigenvalue weighted by Gasteiger charge is 2.32. The summed E-state index contributed by atoms with van der Waals surface area (Å²) in [6.07, 6.45) is 6.36. The van der Waals surface area contributed by atoms with Crippen LogP contribution in [0.25, 0.3) is 0 Å². The molecule has 0 radical (unpaired) electrons. The largest absolute Gasteiger partial charge is 0.388 e. The van der Waals surface area contributed by atoms with Gasteiger partial charge in [0.2, 0.25) is 5.91 Å². The molecule has 0 aliphatic heterocycles. The number of carbonyl (C=O) groups excluding carboxylic acids is 1. The van der Waals surface area contributed by atoms with E-state index in [0.29, 0.717) is 12.5 Å². The average Bonchev–Trinajstić information content (AvgIpc) is 2.37. The zero-order valence-corrected chi connectivity index (χ0v) is 11.7. The molecule has 0 heterocycles. The minimum Gasteiger partial charge on any atom is -0.388 e. The number of hydrogen-bond acceptors (Lipinski definition) is 3. The van der Waals surface area contributed by atoms with E-state index in [1.54, 1.807) is 0 Å². The van der Waals surface area contributed by atoms with Crippen molar-refractivity contribution in [3.8, 4) is 0 Å². The van der Waals surface area contributed by atoms with Gasteiger partial charge in [-0.2, -0.15) is 0 Å². The molecule has 1 aliphatic rings. The predicted molar refractivity (Wildman–Crippen MR) is 73.1 cm³/mol. The zero-order chi connectivity index (χ0) is 13.6. The Labute approximate surface area is 110 Å².